The molecule has 0 radical (unpaired) electrons. The minimum absolute atomic E-state index is 0.0656. The van der Waals surface area contributed by atoms with Gasteiger partial charge in [-0.2, -0.15) is 4.52 Å². The van der Waals surface area contributed by atoms with E-state index >= 15 is 0 Å². The Morgan fingerprint density at radius 3 is 2.82 bits per heavy atom. The number of aryl methyl sites for hydroxylation is 1. The molecular weight excluding hydrogens is 300 g/mol. The fraction of sp³-hybridized carbons (Fsp3) is 0.467. The van der Waals surface area contributed by atoms with Crippen LogP contribution in [0, 0.1) is 6.92 Å². The third kappa shape index (κ3) is 2.21. The van der Waals surface area contributed by atoms with Crippen molar-refractivity contribution in [3.05, 3.63) is 34.9 Å². The first-order chi connectivity index (χ1) is 10.7. The highest BCUT2D eigenvalue weighted by Crippen LogP contribution is 2.40. The second-order valence-electron chi connectivity index (χ2n) is 5.66. The topological polar surface area (TPSA) is 66.8 Å². The summed E-state index contributed by atoms with van der Waals surface area (Å²) in [5.74, 6) is 1.70. The zero-order valence-corrected chi connectivity index (χ0v) is 13.2. The second-order valence-corrected chi connectivity index (χ2v) is 6.67. The van der Waals surface area contributed by atoms with Crippen LogP contribution in [0.5, 0.6) is 5.88 Å². The van der Waals surface area contributed by atoms with E-state index in [1.165, 1.54) is 35.1 Å². The molecule has 0 saturated carbocycles. The molecule has 0 aliphatic carbocycles. The molecule has 1 aliphatic rings. The van der Waals surface area contributed by atoms with Gasteiger partial charge in [0.05, 0.1) is 11.1 Å². The van der Waals surface area contributed by atoms with Gasteiger partial charge >= 0.3 is 0 Å². The molecule has 1 atom stereocenters. The number of aromatic nitrogens is 3. The molecule has 0 spiro atoms. The average molecular weight is 318 g/mol. The Hall–Kier alpha value is -1.86. The van der Waals surface area contributed by atoms with E-state index in [4.69, 9.17) is 4.42 Å². The molecule has 6 nitrogen and oxygen atoms in total. The van der Waals surface area contributed by atoms with E-state index in [0.29, 0.717) is 5.82 Å². The molecule has 4 rings (SSSR count). The van der Waals surface area contributed by atoms with Crippen LogP contribution in [0.25, 0.3) is 4.96 Å². The molecule has 0 amide bonds. The summed E-state index contributed by atoms with van der Waals surface area (Å²) in [6, 6.07) is 3.80. The fourth-order valence-corrected chi connectivity index (χ4v) is 4.27. The van der Waals surface area contributed by atoms with Crippen molar-refractivity contribution in [2.75, 3.05) is 13.1 Å². The molecule has 0 bridgehead atoms. The van der Waals surface area contributed by atoms with Crippen LogP contribution in [0.3, 0.4) is 0 Å². The zero-order chi connectivity index (χ0) is 15.1. The summed E-state index contributed by atoms with van der Waals surface area (Å²) in [6.07, 6.45) is 5.31. The van der Waals surface area contributed by atoms with E-state index in [1.807, 2.05) is 19.1 Å². The maximum Gasteiger partial charge on any atom is 0.230 e. The average Bonchev–Trinajstić information content (AvgIpc) is 3.22. The Morgan fingerprint density at radius 1 is 1.32 bits per heavy atom. The molecule has 3 aromatic heterocycles. The van der Waals surface area contributed by atoms with Gasteiger partial charge in [0.25, 0.3) is 0 Å². The van der Waals surface area contributed by atoms with Crippen LogP contribution in [0.4, 0.5) is 0 Å². The highest BCUT2D eigenvalue weighted by Gasteiger charge is 2.31. The molecule has 4 heterocycles. The van der Waals surface area contributed by atoms with Crippen molar-refractivity contribution in [2.24, 2.45) is 0 Å². The second kappa shape index (κ2) is 5.40. The lowest BCUT2D eigenvalue weighted by Crippen LogP contribution is -2.33. The molecule has 0 aromatic carbocycles. The Bertz CT molecular complexity index is 771. The summed E-state index contributed by atoms with van der Waals surface area (Å²) in [6.45, 7) is 3.85. The highest BCUT2D eigenvalue weighted by atomic mass is 32.1. The van der Waals surface area contributed by atoms with Gasteiger partial charge in [-0.25, -0.2) is 4.98 Å². The molecule has 22 heavy (non-hydrogen) atoms. The van der Waals surface area contributed by atoms with Crippen molar-refractivity contribution in [1.82, 2.24) is 19.5 Å². The molecule has 1 aliphatic heterocycles. The van der Waals surface area contributed by atoms with Gasteiger partial charge < -0.3 is 9.52 Å². The SMILES string of the molecule is Cc1nc2sc([C@H](c3ccco3)N3CCCCC3)c(O)n2n1. The maximum atomic E-state index is 10.6. The molecule has 116 valence electrons. The number of thiazole rings is 1. The number of furan rings is 1. The van der Waals surface area contributed by atoms with Crippen LogP contribution in [0.15, 0.2) is 22.8 Å². The number of fused-ring (bicyclic) bond motifs is 1. The smallest absolute Gasteiger partial charge is 0.230 e. The number of hydrogen-bond acceptors (Lipinski definition) is 6. The first-order valence-electron chi connectivity index (χ1n) is 7.56. The fourth-order valence-electron chi connectivity index (χ4n) is 3.12. The normalized spacial score (nSPS) is 18.0. The lowest BCUT2D eigenvalue weighted by Gasteiger charge is -2.32. The number of rotatable bonds is 3. The van der Waals surface area contributed by atoms with Crippen molar-refractivity contribution in [2.45, 2.75) is 32.2 Å². The third-order valence-corrected chi connectivity index (χ3v) is 5.19. The van der Waals surface area contributed by atoms with E-state index in [1.54, 1.807) is 6.26 Å². The third-order valence-electron chi connectivity index (χ3n) is 4.12. The van der Waals surface area contributed by atoms with Gasteiger partial charge in [-0.15, -0.1) is 5.10 Å². The van der Waals surface area contributed by atoms with Crippen molar-refractivity contribution in [3.8, 4) is 5.88 Å². The van der Waals surface area contributed by atoms with Crippen LogP contribution < -0.4 is 0 Å². The summed E-state index contributed by atoms with van der Waals surface area (Å²) in [4.78, 5) is 8.31. The zero-order valence-electron chi connectivity index (χ0n) is 12.4. The Balaban J connectivity index is 1.81. The molecule has 1 N–H and O–H groups in total. The summed E-state index contributed by atoms with van der Waals surface area (Å²) in [5, 5.41) is 14.9. The summed E-state index contributed by atoms with van der Waals surface area (Å²) in [5.41, 5.74) is 0. The minimum atomic E-state index is -0.0656. The van der Waals surface area contributed by atoms with Crippen molar-refractivity contribution in [1.29, 1.82) is 0 Å². The molecule has 0 unspecified atom stereocenters. The van der Waals surface area contributed by atoms with Gasteiger partial charge in [0.2, 0.25) is 10.8 Å². The van der Waals surface area contributed by atoms with Gasteiger partial charge in [0, 0.05) is 0 Å². The molecule has 1 fully saturated rings. The number of hydrogen-bond donors (Lipinski definition) is 1. The van der Waals surface area contributed by atoms with Crippen LogP contribution in [-0.4, -0.2) is 37.7 Å². The van der Waals surface area contributed by atoms with E-state index in [2.05, 4.69) is 15.0 Å². The summed E-state index contributed by atoms with van der Waals surface area (Å²) in [7, 11) is 0. The van der Waals surface area contributed by atoms with Crippen molar-refractivity contribution < 1.29 is 9.52 Å². The van der Waals surface area contributed by atoms with Crippen LogP contribution in [-0.2, 0) is 0 Å². The predicted octanol–water partition coefficient (Wildman–Crippen LogP) is 2.97. The minimum Gasteiger partial charge on any atom is -0.492 e. The van der Waals surface area contributed by atoms with Gasteiger partial charge in [-0.3, -0.25) is 4.90 Å². The van der Waals surface area contributed by atoms with Crippen molar-refractivity contribution >= 4 is 16.3 Å². The van der Waals surface area contributed by atoms with Gasteiger partial charge in [0.15, 0.2) is 0 Å². The lowest BCUT2D eigenvalue weighted by atomic mass is 10.1. The Morgan fingerprint density at radius 2 is 2.14 bits per heavy atom. The van der Waals surface area contributed by atoms with Crippen LogP contribution >= 0.6 is 11.3 Å². The summed E-state index contributed by atoms with van der Waals surface area (Å²) < 4.78 is 7.18. The Labute approximate surface area is 132 Å². The highest BCUT2D eigenvalue weighted by molar-refractivity contribution is 7.17. The lowest BCUT2D eigenvalue weighted by molar-refractivity contribution is 0.169. The molecule has 1 saturated heterocycles. The van der Waals surface area contributed by atoms with E-state index < -0.39 is 0 Å². The number of nitrogens with zero attached hydrogens (tertiary/aromatic N) is 4. The molecule has 3 aromatic rings. The largest absolute Gasteiger partial charge is 0.492 e. The van der Waals surface area contributed by atoms with E-state index in [-0.39, 0.29) is 11.9 Å². The quantitative estimate of drug-likeness (QED) is 0.804. The monoisotopic (exact) mass is 318 g/mol. The van der Waals surface area contributed by atoms with Crippen LogP contribution in [0.1, 0.15) is 41.8 Å². The molecule has 7 heteroatoms. The van der Waals surface area contributed by atoms with Gasteiger partial charge in [-0.05, 0) is 45.0 Å². The number of aromatic hydroxyl groups is 1. The standard InChI is InChI=1S/C15H18N4O2S/c1-10-16-15-19(17-10)14(20)13(22-15)12(11-6-5-9-21-11)18-7-3-2-4-8-18/h5-6,9,12,20H,2-4,7-8H2,1H3/t12-/m0/s1. The van der Waals surface area contributed by atoms with Crippen LogP contribution in [0.2, 0.25) is 0 Å². The number of piperidine rings is 1. The predicted molar refractivity (Wildman–Crippen MR) is 83.2 cm³/mol. The Kier molecular flexibility index (Phi) is 3.38. The first kappa shape index (κ1) is 13.8. The summed E-state index contributed by atoms with van der Waals surface area (Å²) >= 11 is 1.48. The van der Waals surface area contributed by atoms with E-state index in [0.717, 1.165) is 28.7 Å². The molecular formula is C15H18N4O2S. The van der Waals surface area contributed by atoms with Gasteiger partial charge in [-0.1, -0.05) is 17.8 Å². The van der Waals surface area contributed by atoms with E-state index in [9.17, 15) is 5.11 Å². The number of likely N-dealkylation sites (tertiary alicyclic amines) is 1. The maximum absolute atomic E-state index is 10.6. The van der Waals surface area contributed by atoms with Gasteiger partial charge in [0.1, 0.15) is 17.6 Å². The first-order valence-corrected chi connectivity index (χ1v) is 8.38. The van der Waals surface area contributed by atoms with Crippen molar-refractivity contribution in [3.63, 3.8) is 0 Å².